The van der Waals surface area contributed by atoms with Gasteiger partial charge >= 0.3 is 0 Å². The summed E-state index contributed by atoms with van der Waals surface area (Å²) in [6.07, 6.45) is 3.49. The maximum absolute atomic E-state index is 5.87. The molecule has 2 rings (SSSR count). The van der Waals surface area contributed by atoms with E-state index in [9.17, 15) is 0 Å². The van der Waals surface area contributed by atoms with E-state index in [1.54, 1.807) is 12.3 Å². The first-order valence-electron chi connectivity index (χ1n) is 5.48. The van der Waals surface area contributed by atoms with Crippen molar-refractivity contribution in [3.63, 3.8) is 0 Å². The summed E-state index contributed by atoms with van der Waals surface area (Å²) in [6.45, 7) is 7.09. The number of pyridine rings is 1. The molecule has 1 saturated heterocycles. The van der Waals surface area contributed by atoms with Crippen LogP contribution >= 0.6 is 0 Å². The van der Waals surface area contributed by atoms with Crippen LogP contribution in [0.4, 0.5) is 5.69 Å². The summed E-state index contributed by atoms with van der Waals surface area (Å²) in [7, 11) is 0. The van der Waals surface area contributed by atoms with E-state index in [1.807, 2.05) is 12.1 Å². The van der Waals surface area contributed by atoms with Gasteiger partial charge in [-0.05, 0) is 12.1 Å². The Hall–Kier alpha value is -1.39. The third-order valence-corrected chi connectivity index (χ3v) is 2.74. The highest BCUT2D eigenvalue weighted by Crippen LogP contribution is 2.18. The number of morpholine rings is 1. The van der Waals surface area contributed by atoms with Crippen molar-refractivity contribution in [2.24, 2.45) is 5.73 Å². The van der Waals surface area contributed by atoms with Gasteiger partial charge in [0.25, 0.3) is 0 Å². The van der Waals surface area contributed by atoms with E-state index >= 15 is 0 Å². The molecule has 0 radical (unpaired) electrons. The second-order valence-electron chi connectivity index (χ2n) is 3.80. The zero-order valence-corrected chi connectivity index (χ0v) is 9.30. The first-order valence-corrected chi connectivity index (χ1v) is 5.48. The number of nitrogens with zero attached hydrogens (tertiary/aromatic N) is 2. The highest BCUT2D eigenvalue weighted by molar-refractivity contribution is 5.47. The van der Waals surface area contributed by atoms with Gasteiger partial charge < -0.3 is 15.4 Å². The molecule has 1 aromatic rings. The Balaban J connectivity index is 2.17. The molecule has 1 aliphatic rings. The van der Waals surface area contributed by atoms with Gasteiger partial charge in [-0.25, -0.2) is 0 Å². The molecule has 0 bridgehead atoms. The van der Waals surface area contributed by atoms with Crippen molar-refractivity contribution in [3.05, 3.63) is 36.7 Å². The molecule has 86 valence electrons. The second kappa shape index (κ2) is 5.09. The number of nitrogens with two attached hydrogens (primary N) is 1. The quantitative estimate of drug-likeness (QED) is 0.774. The molecule has 0 amide bonds. The van der Waals surface area contributed by atoms with Crippen LogP contribution in [0.2, 0.25) is 0 Å². The zero-order chi connectivity index (χ0) is 11.4. The van der Waals surface area contributed by atoms with Crippen molar-refractivity contribution in [1.82, 2.24) is 4.98 Å². The summed E-state index contributed by atoms with van der Waals surface area (Å²) in [4.78, 5) is 6.53. The van der Waals surface area contributed by atoms with Crippen LogP contribution in [0.1, 0.15) is 11.7 Å². The molecule has 4 heteroatoms. The fourth-order valence-corrected chi connectivity index (χ4v) is 1.76. The Morgan fingerprint density at radius 2 is 2.25 bits per heavy atom. The van der Waals surface area contributed by atoms with E-state index < -0.39 is 0 Å². The molecule has 2 heterocycles. The normalized spacial score (nSPS) is 18.2. The van der Waals surface area contributed by atoms with Gasteiger partial charge in [0.05, 0.1) is 24.9 Å². The van der Waals surface area contributed by atoms with Crippen molar-refractivity contribution >= 4 is 5.69 Å². The van der Waals surface area contributed by atoms with E-state index in [4.69, 9.17) is 10.5 Å². The lowest BCUT2D eigenvalue weighted by Gasteiger charge is -2.29. The Kier molecular flexibility index (Phi) is 3.54. The fraction of sp³-hybridized carbons (Fsp3) is 0.417. The van der Waals surface area contributed by atoms with Gasteiger partial charge in [-0.2, -0.15) is 0 Å². The number of aromatic nitrogens is 1. The van der Waals surface area contributed by atoms with Crippen LogP contribution in [-0.2, 0) is 4.74 Å². The number of ether oxygens (including phenoxy) is 1. The van der Waals surface area contributed by atoms with Crippen LogP contribution in [0.3, 0.4) is 0 Å². The fourth-order valence-electron chi connectivity index (χ4n) is 1.76. The first-order chi connectivity index (χ1) is 7.81. The maximum Gasteiger partial charge on any atom is 0.0654 e. The van der Waals surface area contributed by atoms with Crippen molar-refractivity contribution < 1.29 is 4.74 Å². The molecule has 0 aromatic carbocycles. The van der Waals surface area contributed by atoms with Gasteiger partial charge in [0, 0.05) is 25.0 Å². The highest BCUT2D eigenvalue weighted by atomic mass is 16.5. The molecule has 0 aliphatic carbocycles. The van der Waals surface area contributed by atoms with Crippen LogP contribution in [0.15, 0.2) is 31.0 Å². The molecule has 0 spiro atoms. The van der Waals surface area contributed by atoms with Crippen LogP contribution in [0.5, 0.6) is 0 Å². The predicted molar refractivity (Wildman–Crippen MR) is 64.4 cm³/mol. The topological polar surface area (TPSA) is 51.4 Å². The first kappa shape index (κ1) is 11.1. The Labute approximate surface area is 95.7 Å². The molecule has 16 heavy (non-hydrogen) atoms. The molecule has 4 nitrogen and oxygen atoms in total. The lowest BCUT2D eigenvalue weighted by Crippen LogP contribution is -2.36. The van der Waals surface area contributed by atoms with E-state index in [0.717, 1.165) is 37.7 Å². The summed E-state index contributed by atoms with van der Waals surface area (Å²) in [5.74, 6) is 0. The highest BCUT2D eigenvalue weighted by Gasteiger charge is 2.12. The summed E-state index contributed by atoms with van der Waals surface area (Å²) in [6, 6.07) is 3.84. The van der Waals surface area contributed by atoms with Crippen LogP contribution in [-0.4, -0.2) is 31.3 Å². The van der Waals surface area contributed by atoms with Crippen molar-refractivity contribution in [2.75, 3.05) is 31.2 Å². The minimum atomic E-state index is -0.194. The SMILES string of the molecule is C=CC(N)c1cc(N2CCOCC2)ccn1. The monoisotopic (exact) mass is 219 g/mol. The minimum Gasteiger partial charge on any atom is -0.378 e. The number of anilines is 1. The minimum absolute atomic E-state index is 0.194. The van der Waals surface area contributed by atoms with Crippen LogP contribution in [0.25, 0.3) is 0 Å². The van der Waals surface area contributed by atoms with Gasteiger partial charge in [-0.15, -0.1) is 6.58 Å². The largest absolute Gasteiger partial charge is 0.378 e. The smallest absolute Gasteiger partial charge is 0.0654 e. The lowest BCUT2D eigenvalue weighted by molar-refractivity contribution is 0.122. The maximum atomic E-state index is 5.87. The average Bonchev–Trinajstić information content (AvgIpc) is 2.39. The second-order valence-corrected chi connectivity index (χ2v) is 3.80. The van der Waals surface area contributed by atoms with Gasteiger partial charge in [-0.1, -0.05) is 6.08 Å². The molecular formula is C12H17N3O. The van der Waals surface area contributed by atoms with E-state index in [0.29, 0.717) is 0 Å². The summed E-state index contributed by atoms with van der Waals surface area (Å²) < 4.78 is 5.32. The third kappa shape index (κ3) is 2.40. The third-order valence-electron chi connectivity index (χ3n) is 2.74. The molecule has 1 aliphatic heterocycles. The zero-order valence-electron chi connectivity index (χ0n) is 9.30. The number of hydrogen-bond donors (Lipinski definition) is 1. The molecular weight excluding hydrogens is 202 g/mol. The number of hydrogen-bond acceptors (Lipinski definition) is 4. The number of rotatable bonds is 3. The summed E-state index contributed by atoms with van der Waals surface area (Å²) in [5.41, 5.74) is 7.89. The van der Waals surface area contributed by atoms with Crippen molar-refractivity contribution in [1.29, 1.82) is 0 Å². The van der Waals surface area contributed by atoms with Crippen molar-refractivity contribution in [3.8, 4) is 0 Å². The molecule has 1 fully saturated rings. The standard InChI is InChI=1S/C12H17N3O/c1-2-11(13)12-9-10(3-4-14-12)15-5-7-16-8-6-15/h2-4,9,11H,1,5-8,13H2. The molecule has 2 N–H and O–H groups in total. The molecule has 1 atom stereocenters. The predicted octanol–water partition coefficient (Wildman–Crippen LogP) is 1.10. The van der Waals surface area contributed by atoms with Crippen LogP contribution < -0.4 is 10.6 Å². The van der Waals surface area contributed by atoms with Crippen LogP contribution in [0, 0.1) is 0 Å². The Bertz CT molecular complexity index is 361. The molecule has 1 unspecified atom stereocenters. The molecule has 1 aromatic heterocycles. The van der Waals surface area contributed by atoms with E-state index in [2.05, 4.69) is 16.5 Å². The van der Waals surface area contributed by atoms with Gasteiger partial charge in [0.15, 0.2) is 0 Å². The molecule has 0 saturated carbocycles. The summed E-state index contributed by atoms with van der Waals surface area (Å²) >= 11 is 0. The van der Waals surface area contributed by atoms with Gasteiger partial charge in [-0.3, -0.25) is 4.98 Å². The summed E-state index contributed by atoms with van der Waals surface area (Å²) in [5, 5.41) is 0. The van der Waals surface area contributed by atoms with E-state index in [1.165, 1.54) is 0 Å². The average molecular weight is 219 g/mol. The van der Waals surface area contributed by atoms with E-state index in [-0.39, 0.29) is 6.04 Å². The van der Waals surface area contributed by atoms with Gasteiger partial charge in [0.1, 0.15) is 0 Å². The van der Waals surface area contributed by atoms with Crippen molar-refractivity contribution in [2.45, 2.75) is 6.04 Å². The Morgan fingerprint density at radius 1 is 1.50 bits per heavy atom. The Morgan fingerprint density at radius 3 is 2.94 bits per heavy atom. The van der Waals surface area contributed by atoms with Gasteiger partial charge in [0.2, 0.25) is 0 Å². The lowest BCUT2D eigenvalue weighted by atomic mass is 10.2.